The quantitative estimate of drug-likeness (QED) is 0.785. The van der Waals surface area contributed by atoms with E-state index >= 15 is 0 Å². The number of nitrogens with zero attached hydrogens (tertiary/aromatic N) is 1. The van der Waals surface area contributed by atoms with E-state index in [9.17, 15) is 14.7 Å². The summed E-state index contributed by atoms with van der Waals surface area (Å²) < 4.78 is 5.38. The largest absolute Gasteiger partial charge is 0.459 e. The Balaban J connectivity index is 2.07. The molecule has 3 atom stereocenters. The zero-order valence-electron chi connectivity index (χ0n) is 15.4. The van der Waals surface area contributed by atoms with Gasteiger partial charge in [0, 0.05) is 13.0 Å². The van der Waals surface area contributed by atoms with Crippen molar-refractivity contribution in [2.24, 2.45) is 5.41 Å². The summed E-state index contributed by atoms with van der Waals surface area (Å²) in [6, 6.07) is 8.20. The Morgan fingerprint density at radius 2 is 1.96 bits per heavy atom. The zero-order valence-corrected chi connectivity index (χ0v) is 15.4. The molecule has 1 aromatic carbocycles. The summed E-state index contributed by atoms with van der Waals surface area (Å²) in [4.78, 5) is 26.8. The van der Waals surface area contributed by atoms with E-state index in [4.69, 9.17) is 4.74 Å². The minimum absolute atomic E-state index is 0.151. The van der Waals surface area contributed by atoms with Crippen molar-refractivity contribution in [2.45, 2.75) is 52.0 Å². The van der Waals surface area contributed by atoms with Crippen molar-refractivity contribution in [3.63, 3.8) is 0 Å². The van der Waals surface area contributed by atoms with E-state index in [0.717, 1.165) is 5.56 Å². The van der Waals surface area contributed by atoms with Crippen LogP contribution in [-0.2, 0) is 20.9 Å². The minimum Gasteiger partial charge on any atom is -0.459 e. The average Bonchev–Trinajstić information content (AvgIpc) is 2.95. The van der Waals surface area contributed by atoms with Crippen LogP contribution in [0.5, 0.6) is 0 Å². The lowest BCUT2D eigenvalue weighted by Gasteiger charge is -2.34. The summed E-state index contributed by atoms with van der Waals surface area (Å²) >= 11 is 0. The maximum absolute atomic E-state index is 12.9. The number of nitrogens with one attached hydrogen (secondary N) is 1. The summed E-state index contributed by atoms with van der Waals surface area (Å²) in [6.07, 6.45) is -0.504. The molecular formula is C19H28N2O4. The summed E-state index contributed by atoms with van der Waals surface area (Å²) in [6.45, 7) is 6.19. The van der Waals surface area contributed by atoms with E-state index < -0.39 is 24.2 Å². The molecule has 0 radical (unpaired) electrons. The smallest absolute Gasteiger partial charge is 0.329 e. The summed E-state index contributed by atoms with van der Waals surface area (Å²) in [5.74, 6) is -0.661. The highest BCUT2D eigenvalue weighted by Gasteiger charge is 2.44. The van der Waals surface area contributed by atoms with Crippen molar-refractivity contribution in [1.82, 2.24) is 10.2 Å². The molecule has 0 bridgehead atoms. The van der Waals surface area contributed by atoms with Gasteiger partial charge in [0.1, 0.15) is 12.6 Å². The van der Waals surface area contributed by atoms with Crippen LogP contribution in [0.15, 0.2) is 30.3 Å². The average molecular weight is 348 g/mol. The second-order valence-corrected chi connectivity index (χ2v) is 7.58. The fourth-order valence-corrected chi connectivity index (χ4v) is 3.20. The first-order valence-electron chi connectivity index (χ1n) is 8.60. The topological polar surface area (TPSA) is 78.9 Å². The Hall–Kier alpha value is -1.92. The van der Waals surface area contributed by atoms with Crippen molar-refractivity contribution in [3.05, 3.63) is 35.9 Å². The van der Waals surface area contributed by atoms with Crippen LogP contribution in [0.1, 0.15) is 32.8 Å². The second kappa shape index (κ2) is 7.97. The van der Waals surface area contributed by atoms with Gasteiger partial charge in [-0.3, -0.25) is 4.79 Å². The zero-order chi connectivity index (χ0) is 18.6. The van der Waals surface area contributed by atoms with Crippen molar-refractivity contribution in [1.29, 1.82) is 0 Å². The van der Waals surface area contributed by atoms with Crippen LogP contribution in [0.3, 0.4) is 0 Å². The lowest BCUT2D eigenvalue weighted by Crippen LogP contribution is -2.54. The van der Waals surface area contributed by atoms with Crippen molar-refractivity contribution < 1.29 is 19.4 Å². The fourth-order valence-electron chi connectivity index (χ4n) is 3.20. The number of hydrogen-bond acceptors (Lipinski definition) is 5. The van der Waals surface area contributed by atoms with Crippen LogP contribution in [0, 0.1) is 5.41 Å². The normalized spacial score (nSPS) is 21.9. The van der Waals surface area contributed by atoms with Gasteiger partial charge in [-0.05, 0) is 18.0 Å². The number of likely N-dealkylation sites (N-methyl/N-ethyl adjacent to an activating group) is 1. The van der Waals surface area contributed by atoms with Gasteiger partial charge in [-0.1, -0.05) is 51.1 Å². The highest BCUT2D eigenvalue weighted by molar-refractivity contribution is 5.88. The van der Waals surface area contributed by atoms with E-state index in [2.05, 4.69) is 5.32 Å². The van der Waals surface area contributed by atoms with E-state index in [1.807, 2.05) is 51.1 Å². The number of amides is 1. The molecule has 1 aliphatic heterocycles. The summed E-state index contributed by atoms with van der Waals surface area (Å²) in [7, 11) is 1.73. The number of aliphatic hydroxyl groups excluding tert-OH is 1. The Kier molecular flexibility index (Phi) is 6.19. The monoisotopic (exact) mass is 348 g/mol. The van der Waals surface area contributed by atoms with Gasteiger partial charge in [0.15, 0.2) is 0 Å². The molecule has 25 heavy (non-hydrogen) atoms. The first kappa shape index (κ1) is 19.4. The van der Waals surface area contributed by atoms with Gasteiger partial charge in [0.05, 0.1) is 12.1 Å². The number of hydrogen-bond donors (Lipinski definition) is 2. The number of esters is 1. The number of likely N-dealkylation sites (tertiary alicyclic amines) is 1. The molecule has 2 rings (SSSR count). The molecule has 0 saturated carbocycles. The first-order valence-corrected chi connectivity index (χ1v) is 8.60. The summed E-state index contributed by atoms with van der Waals surface area (Å²) in [5.41, 5.74) is 0.577. The van der Waals surface area contributed by atoms with Crippen molar-refractivity contribution >= 4 is 11.9 Å². The Morgan fingerprint density at radius 1 is 1.32 bits per heavy atom. The second-order valence-electron chi connectivity index (χ2n) is 7.58. The van der Waals surface area contributed by atoms with E-state index in [1.165, 1.54) is 4.90 Å². The highest BCUT2D eigenvalue weighted by atomic mass is 16.5. The molecule has 0 spiro atoms. The number of carbonyl (C=O) groups is 2. The van der Waals surface area contributed by atoms with E-state index in [1.54, 1.807) is 7.05 Å². The predicted octanol–water partition coefficient (Wildman–Crippen LogP) is 1.33. The standard InChI is InChI=1S/C19H28N2O4/c1-19(2,3)16(20-4)17(23)21-11-14(22)10-15(21)18(24)25-12-13-8-6-5-7-9-13/h5-9,14-16,20,22H,10-12H2,1-4H3/t14-,15+,16-/m1/s1. The van der Waals surface area contributed by atoms with Gasteiger partial charge in [0.2, 0.25) is 5.91 Å². The van der Waals surface area contributed by atoms with Crippen LogP contribution in [-0.4, -0.2) is 53.7 Å². The van der Waals surface area contributed by atoms with Crippen LogP contribution < -0.4 is 5.32 Å². The van der Waals surface area contributed by atoms with Gasteiger partial charge in [-0.15, -0.1) is 0 Å². The van der Waals surface area contributed by atoms with Gasteiger partial charge in [0.25, 0.3) is 0 Å². The predicted molar refractivity (Wildman–Crippen MR) is 94.7 cm³/mol. The van der Waals surface area contributed by atoms with Gasteiger partial charge < -0.3 is 20.1 Å². The van der Waals surface area contributed by atoms with Crippen molar-refractivity contribution in [2.75, 3.05) is 13.6 Å². The number of β-amino-alcohol motifs (C(OH)–C–C–N with tert-alkyl or cyclic N) is 1. The Labute approximate surface area is 149 Å². The first-order chi connectivity index (χ1) is 11.7. The number of aliphatic hydroxyl groups is 1. The molecule has 1 amide bonds. The third kappa shape index (κ3) is 4.80. The molecule has 0 aliphatic carbocycles. The molecule has 1 fully saturated rings. The highest BCUT2D eigenvalue weighted by Crippen LogP contribution is 2.26. The molecule has 1 aromatic rings. The number of ether oxygens (including phenoxy) is 1. The molecule has 6 heteroatoms. The Morgan fingerprint density at radius 3 is 2.52 bits per heavy atom. The molecule has 0 unspecified atom stereocenters. The van der Waals surface area contributed by atoms with Crippen LogP contribution in [0.4, 0.5) is 0 Å². The van der Waals surface area contributed by atoms with E-state index in [-0.39, 0.29) is 30.9 Å². The fraction of sp³-hybridized carbons (Fsp3) is 0.579. The molecule has 0 aromatic heterocycles. The van der Waals surface area contributed by atoms with Crippen molar-refractivity contribution in [3.8, 4) is 0 Å². The van der Waals surface area contributed by atoms with Gasteiger partial charge >= 0.3 is 5.97 Å². The molecule has 1 heterocycles. The molecule has 1 saturated heterocycles. The van der Waals surface area contributed by atoms with Gasteiger partial charge in [-0.2, -0.15) is 0 Å². The lowest BCUT2D eigenvalue weighted by atomic mass is 9.86. The van der Waals surface area contributed by atoms with Crippen LogP contribution in [0.25, 0.3) is 0 Å². The molecule has 2 N–H and O–H groups in total. The number of rotatable bonds is 5. The maximum atomic E-state index is 12.9. The number of carbonyl (C=O) groups excluding carboxylic acids is 2. The van der Waals surface area contributed by atoms with Crippen LogP contribution >= 0.6 is 0 Å². The molecule has 6 nitrogen and oxygen atoms in total. The minimum atomic E-state index is -0.746. The van der Waals surface area contributed by atoms with Crippen LogP contribution in [0.2, 0.25) is 0 Å². The SMILES string of the molecule is CN[C@H](C(=O)N1C[C@H](O)C[C@H]1C(=O)OCc1ccccc1)C(C)(C)C. The lowest BCUT2D eigenvalue weighted by molar-refractivity contribution is -0.155. The summed E-state index contributed by atoms with van der Waals surface area (Å²) in [5, 5.41) is 13.0. The number of benzene rings is 1. The third-order valence-electron chi connectivity index (χ3n) is 4.46. The molecule has 138 valence electrons. The van der Waals surface area contributed by atoms with Gasteiger partial charge in [-0.25, -0.2) is 4.79 Å². The Bertz CT molecular complexity index is 597. The maximum Gasteiger partial charge on any atom is 0.329 e. The van der Waals surface area contributed by atoms with E-state index in [0.29, 0.717) is 0 Å². The third-order valence-corrected chi connectivity index (χ3v) is 4.46. The molecular weight excluding hydrogens is 320 g/mol. The molecule has 1 aliphatic rings.